The molecule has 1 aromatic rings. The Balaban J connectivity index is 2.72. The van der Waals surface area contributed by atoms with Crippen molar-refractivity contribution in [3.8, 4) is 0 Å². The zero-order valence-corrected chi connectivity index (χ0v) is 19.0. The van der Waals surface area contributed by atoms with E-state index in [1.54, 1.807) is 0 Å². The minimum atomic E-state index is -3.40. The number of nitrogens with zero attached hydrogens (tertiary/aromatic N) is 1. The minimum Gasteiger partial charge on any atom is -0.351 e. The van der Waals surface area contributed by atoms with E-state index in [1.807, 2.05) is 45.9 Å². The van der Waals surface area contributed by atoms with E-state index >= 15 is 0 Å². The van der Waals surface area contributed by atoms with Crippen molar-refractivity contribution in [2.75, 3.05) is 17.1 Å². The number of anilines is 1. The average molecular weight is 397 g/mol. The molecule has 0 saturated carbocycles. The largest absolute Gasteiger partial charge is 0.351 e. The van der Waals surface area contributed by atoms with Gasteiger partial charge in [0.2, 0.25) is 15.9 Å². The summed E-state index contributed by atoms with van der Waals surface area (Å²) in [7, 11) is -3.40. The van der Waals surface area contributed by atoms with Gasteiger partial charge in [-0.2, -0.15) is 0 Å². The number of carbonyl (C=O) groups excluding carboxylic acids is 1. The van der Waals surface area contributed by atoms with E-state index in [1.165, 1.54) is 10.6 Å². The summed E-state index contributed by atoms with van der Waals surface area (Å²) in [6.07, 6.45) is 2.83. The van der Waals surface area contributed by atoms with E-state index < -0.39 is 10.0 Å². The smallest absolute Gasteiger partial charge is 0.232 e. The minimum absolute atomic E-state index is 0.0437. The Kier molecular flexibility index (Phi) is 7.51. The van der Waals surface area contributed by atoms with Crippen LogP contribution in [0.4, 0.5) is 5.69 Å². The second kappa shape index (κ2) is 8.63. The Morgan fingerprint density at radius 1 is 1.07 bits per heavy atom. The molecule has 0 fully saturated rings. The summed E-state index contributed by atoms with van der Waals surface area (Å²) in [5.41, 5.74) is 2.64. The molecule has 0 saturated heterocycles. The molecule has 0 atom stereocenters. The second-order valence-corrected chi connectivity index (χ2v) is 11.3. The van der Waals surface area contributed by atoms with Crippen LogP contribution < -0.4 is 9.62 Å². The summed E-state index contributed by atoms with van der Waals surface area (Å²) in [5.74, 6) is -0.0437. The molecule has 6 heteroatoms. The number of amides is 1. The van der Waals surface area contributed by atoms with Crippen LogP contribution in [0.1, 0.15) is 65.0 Å². The van der Waals surface area contributed by atoms with Crippen LogP contribution >= 0.6 is 0 Å². The maximum absolute atomic E-state index is 12.3. The van der Waals surface area contributed by atoms with Gasteiger partial charge in [0.05, 0.1) is 11.9 Å². The standard InChI is InChI=1S/C21H36N2O3S/c1-16-11-12-18(14-17(16)2)23(27(8,25)26)13-9-10-19(24)22-21(6,7)15-20(3,4)5/h11-12,14H,9-10,13,15H2,1-8H3,(H,22,24). The van der Waals surface area contributed by atoms with Crippen LogP contribution in [0.25, 0.3) is 0 Å². The Bertz CT molecular complexity index is 762. The van der Waals surface area contributed by atoms with Gasteiger partial charge in [0.25, 0.3) is 0 Å². The van der Waals surface area contributed by atoms with Crippen molar-refractivity contribution in [1.82, 2.24) is 5.32 Å². The van der Waals surface area contributed by atoms with Gasteiger partial charge in [0.15, 0.2) is 0 Å². The first-order valence-corrected chi connectivity index (χ1v) is 11.3. The first-order valence-electron chi connectivity index (χ1n) is 9.47. The third-order valence-electron chi connectivity index (χ3n) is 4.39. The summed E-state index contributed by atoms with van der Waals surface area (Å²) in [6.45, 7) is 14.7. The molecule has 0 bridgehead atoms. The van der Waals surface area contributed by atoms with E-state index in [4.69, 9.17) is 0 Å². The van der Waals surface area contributed by atoms with Crippen LogP contribution in [0.3, 0.4) is 0 Å². The predicted molar refractivity (Wildman–Crippen MR) is 114 cm³/mol. The molecule has 1 aromatic carbocycles. The Morgan fingerprint density at radius 3 is 2.15 bits per heavy atom. The van der Waals surface area contributed by atoms with Gasteiger partial charge in [-0.3, -0.25) is 9.10 Å². The molecule has 0 aliphatic carbocycles. The number of benzene rings is 1. The van der Waals surface area contributed by atoms with Gasteiger partial charge in [-0.25, -0.2) is 8.42 Å². The van der Waals surface area contributed by atoms with Gasteiger partial charge in [0.1, 0.15) is 0 Å². The van der Waals surface area contributed by atoms with Crippen LogP contribution in [0.15, 0.2) is 18.2 Å². The Hall–Kier alpha value is -1.56. The highest BCUT2D eigenvalue weighted by atomic mass is 32.2. The van der Waals surface area contributed by atoms with Crippen LogP contribution in [-0.2, 0) is 14.8 Å². The van der Waals surface area contributed by atoms with Crippen molar-refractivity contribution in [2.45, 2.75) is 73.3 Å². The molecule has 1 amide bonds. The SMILES string of the molecule is Cc1ccc(N(CCCC(=O)NC(C)(C)CC(C)(C)C)S(C)(=O)=O)cc1C. The van der Waals surface area contributed by atoms with Crippen molar-refractivity contribution < 1.29 is 13.2 Å². The lowest BCUT2D eigenvalue weighted by Gasteiger charge is -2.33. The van der Waals surface area contributed by atoms with Crippen molar-refractivity contribution in [3.63, 3.8) is 0 Å². The van der Waals surface area contributed by atoms with Crippen LogP contribution in [0, 0.1) is 19.3 Å². The predicted octanol–water partition coefficient (Wildman–Crippen LogP) is 4.18. The van der Waals surface area contributed by atoms with Crippen molar-refractivity contribution in [1.29, 1.82) is 0 Å². The number of hydrogen-bond donors (Lipinski definition) is 1. The van der Waals surface area contributed by atoms with Crippen molar-refractivity contribution in [3.05, 3.63) is 29.3 Å². The number of sulfonamides is 1. The maximum atomic E-state index is 12.3. The van der Waals surface area contributed by atoms with Crippen LogP contribution in [0.5, 0.6) is 0 Å². The third kappa shape index (κ3) is 8.33. The van der Waals surface area contributed by atoms with E-state index in [0.29, 0.717) is 18.5 Å². The van der Waals surface area contributed by atoms with Gasteiger partial charge in [-0.1, -0.05) is 26.8 Å². The number of aryl methyl sites for hydroxylation is 2. The third-order valence-corrected chi connectivity index (χ3v) is 5.59. The van der Waals surface area contributed by atoms with Crippen LogP contribution in [-0.4, -0.2) is 32.7 Å². The molecule has 1 rings (SSSR count). The fourth-order valence-electron chi connectivity index (χ4n) is 3.56. The second-order valence-electron chi connectivity index (χ2n) is 9.38. The summed E-state index contributed by atoms with van der Waals surface area (Å²) < 4.78 is 25.8. The van der Waals surface area contributed by atoms with E-state index in [0.717, 1.165) is 17.5 Å². The van der Waals surface area contributed by atoms with Gasteiger partial charge in [-0.05, 0) is 69.2 Å². The highest BCUT2D eigenvalue weighted by Crippen LogP contribution is 2.27. The first kappa shape index (κ1) is 23.5. The molecule has 0 spiro atoms. The molecular weight excluding hydrogens is 360 g/mol. The fraction of sp³-hybridized carbons (Fsp3) is 0.667. The number of hydrogen-bond acceptors (Lipinski definition) is 3. The summed E-state index contributed by atoms with van der Waals surface area (Å²) in [5, 5.41) is 3.07. The number of carbonyl (C=O) groups is 1. The van der Waals surface area contributed by atoms with E-state index in [9.17, 15) is 13.2 Å². The zero-order valence-electron chi connectivity index (χ0n) is 18.1. The summed E-state index contributed by atoms with van der Waals surface area (Å²) >= 11 is 0. The molecule has 154 valence electrons. The first-order chi connectivity index (χ1) is 12.1. The molecule has 0 unspecified atom stereocenters. The molecule has 0 radical (unpaired) electrons. The zero-order chi connectivity index (χ0) is 21.0. The van der Waals surface area contributed by atoms with Gasteiger partial charge < -0.3 is 5.32 Å². The lowest BCUT2D eigenvalue weighted by atomic mass is 9.82. The molecular formula is C21H36N2O3S. The molecule has 0 aliphatic rings. The van der Waals surface area contributed by atoms with E-state index in [-0.39, 0.29) is 23.4 Å². The van der Waals surface area contributed by atoms with E-state index in [2.05, 4.69) is 26.1 Å². The highest BCUT2D eigenvalue weighted by Gasteiger charge is 2.27. The van der Waals surface area contributed by atoms with Crippen molar-refractivity contribution in [2.24, 2.45) is 5.41 Å². The fourth-order valence-corrected chi connectivity index (χ4v) is 4.52. The molecule has 0 heterocycles. The van der Waals surface area contributed by atoms with Gasteiger partial charge in [-0.15, -0.1) is 0 Å². The molecule has 0 aromatic heterocycles. The highest BCUT2D eigenvalue weighted by molar-refractivity contribution is 7.92. The molecule has 5 nitrogen and oxygen atoms in total. The van der Waals surface area contributed by atoms with Gasteiger partial charge in [0, 0.05) is 18.5 Å². The monoisotopic (exact) mass is 396 g/mol. The van der Waals surface area contributed by atoms with Gasteiger partial charge >= 0.3 is 0 Å². The maximum Gasteiger partial charge on any atom is 0.232 e. The normalized spacial score (nSPS) is 12.7. The summed E-state index contributed by atoms with van der Waals surface area (Å²) in [4.78, 5) is 12.3. The Labute approximate surface area is 165 Å². The number of rotatable bonds is 8. The van der Waals surface area contributed by atoms with Crippen LogP contribution in [0.2, 0.25) is 0 Å². The molecule has 27 heavy (non-hydrogen) atoms. The van der Waals surface area contributed by atoms with Crippen molar-refractivity contribution >= 4 is 21.6 Å². The Morgan fingerprint density at radius 2 is 1.67 bits per heavy atom. The number of nitrogens with one attached hydrogen (secondary N) is 1. The topological polar surface area (TPSA) is 66.5 Å². The molecule has 1 N–H and O–H groups in total. The summed E-state index contributed by atoms with van der Waals surface area (Å²) in [6, 6.07) is 5.61. The lowest BCUT2D eigenvalue weighted by Crippen LogP contribution is -2.46. The quantitative estimate of drug-likeness (QED) is 0.717. The lowest BCUT2D eigenvalue weighted by molar-refractivity contribution is -0.123. The average Bonchev–Trinajstić information content (AvgIpc) is 2.42. The molecule has 0 aliphatic heterocycles.